The second kappa shape index (κ2) is 9.95. The van der Waals surface area contributed by atoms with Crippen molar-refractivity contribution >= 4 is 17.5 Å². The third-order valence-corrected chi connectivity index (χ3v) is 6.26. The first-order chi connectivity index (χ1) is 17.1. The lowest BCUT2D eigenvalue weighted by atomic mass is 9.85. The minimum absolute atomic E-state index is 0.155. The van der Waals surface area contributed by atoms with Gasteiger partial charge in [0.2, 0.25) is 5.95 Å². The van der Waals surface area contributed by atoms with Gasteiger partial charge in [0, 0.05) is 29.4 Å². The highest BCUT2D eigenvalue weighted by Crippen LogP contribution is 2.45. The molecule has 35 heavy (non-hydrogen) atoms. The van der Waals surface area contributed by atoms with E-state index in [4.69, 9.17) is 16.0 Å². The molecule has 176 valence electrons. The SMILES string of the molecule is Cc1cnc(Nc2cc(-c3ccccc3C(=N)NN)cc3c2OCCCC3c2ccccc2)nc1. The van der Waals surface area contributed by atoms with Gasteiger partial charge in [-0.25, -0.2) is 15.8 Å². The predicted octanol–water partition coefficient (Wildman–Crippen LogP) is 5.29. The molecule has 7 nitrogen and oxygen atoms in total. The van der Waals surface area contributed by atoms with Gasteiger partial charge in [-0.15, -0.1) is 0 Å². The molecule has 2 heterocycles. The summed E-state index contributed by atoms with van der Waals surface area (Å²) in [5.41, 5.74) is 9.20. The van der Waals surface area contributed by atoms with Gasteiger partial charge in [-0.05, 0) is 54.2 Å². The van der Waals surface area contributed by atoms with Crippen LogP contribution in [0, 0.1) is 12.3 Å². The van der Waals surface area contributed by atoms with Crippen LogP contribution in [0.5, 0.6) is 5.75 Å². The smallest absolute Gasteiger partial charge is 0.227 e. The van der Waals surface area contributed by atoms with Crippen LogP contribution in [0.25, 0.3) is 11.1 Å². The molecule has 0 radical (unpaired) electrons. The number of aromatic nitrogens is 2. The number of fused-ring (bicyclic) bond motifs is 1. The van der Waals surface area contributed by atoms with E-state index in [1.807, 2.05) is 43.3 Å². The van der Waals surface area contributed by atoms with Crippen molar-refractivity contribution in [2.75, 3.05) is 11.9 Å². The molecule has 1 atom stereocenters. The quantitative estimate of drug-likeness (QED) is 0.138. The fourth-order valence-electron chi connectivity index (χ4n) is 4.58. The standard InChI is InChI=1S/C28H28N6O/c1-18-16-31-28(32-17-18)33-25-15-20(22-10-5-6-11-23(22)27(29)34-30)14-24-21(12-7-13-35-26(24)25)19-8-3-2-4-9-19/h2-6,8-11,14-17,21H,7,12-13,30H2,1H3,(H2,29,34)(H,31,32,33). The highest BCUT2D eigenvalue weighted by atomic mass is 16.5. The number of nitrogens with two attached hydrogens (primary N) is 1. The summed E-state index contributed by atoms with van der Waals surface area (Å²) in [6, 6.07) is 22.5. The number of hydrogen-bond acceptors (Lipinski definition) is 6. The van der Waals surface area contributed by atoms with Gasteiger partial charge in [0.25, 0.3) is 0 Å². The summed E-state index contributed by atoms with van der Waals surface area (Å²) in [5.74, 6) is 7.25. The Kier molecular flexibility index (Phi) is 6.41. The van der Waals surface area contributed by atoms with Crippen LogP contribution in [-0.2, 0) is 0 Å². The number of hydrazine groups is 1. The minimum Gasteiger partial charge on any atom is -0.491 e. The van der Waals surface area contributed by atoms with Gasteiger partial charge < -0.3 is 15.5 Å². The van der Waals surface area contributed by atoms with E-state index in [1.165, 1.54) is 5.56 Å². The molecule has 0 bridgehead atoms. The molecular weight excluding hydrogens is 436 g/mol. The van der Waals surface area contributed by atoms with Gasteiger partial charge in [-0.3, -0.25) is 5.41 Å². The molecule has 0 aliphatic carbocycles. The van der Waals surface area contributed by atoms with Crippen molar-refractivity contribution < 1.29 is 4.74 Å². The molecule has 3 aromatic carbocycles. The zero-order valence-corrected chi connectivity index (χ0v) is 19.6. The number of hydrogen-bond donors (Lipinski definition) is 4. The van der Waals surface area contributed by atoms with Crippen molar-refractivity contribution in [3.05, 3.63) is 101 Å². The molecule has 0 saturated heterocycles. The normalized spacial score (nSPS) is 14.9. The summed E-state index contributed by atoms with van der Waals surface area (Å²) in [7, 11) is 0. The maximum atomic E-state index is 8.32. The lowest BCUT2D eigenvalue weighted by Crippen LogP contribution is -2.30. The van der Waals surface area contributed by atoms with Gasteiger partial charge in [0.15, 0.2) is 0 Å². The largest absolute Gasteiger partial charge is 0.491 e. The van der Waals surface area contributed by atoms with Gasteiger partial charge in [-0.2, -0.15) is 0 Å². The molecule has 1 aromatic heterocycles. The first-order valence-electron chi connectivity index (χ1n) is 11.7. The number of nitrogens with one attached hydrogen (secondary N) is 3. The Morgan fingerprint density at radius 2 is 1.77 bits per heavy atom. The molecule has 5 N–H and O–H groups in total. The number of nitrogens with zero attached hydrogens (tertiary/aromatic N) is 2. The van der Waals surface area contributed by atoms with Crippen LogP contribution >= 0.6 is 0 Å². The predicted molar refractivity (Wildman–Crippen MR) is 139 cm³/mol. The van der Waals surface area contributed by atoms with Crippen molar-refractivity contribution in [2.45, 2.75) is 25.7 Å². The second-order valence-corrected chi connectivity index (χ2v) is 8.67. The first-order valence-corrected chi connectivity index (χ1v) is 11.7. The molecule has 1 aliphatic rings. The third-order valence-electron chi connectivity index (χ3n) is 6.26. The highest BCUT2D eigenvalue weighted by Gasteiger charge is 2.26. The van der Waals surface area contributed by atoms with Crippen molar-refractivity contribution in [1.82, 2.24) is 15.4 Å². The minimum atomic E-state index is 0.155. The first kappa shape index (κ1) is 22.6. The van der Waals surface area contributed by atoms with E-state index >= 15 is 0 Å². The average Bonchev–Trinajstić information content (AvgIpc) is 3.13. The van der Waals surface area contributed by atoms with Crippen molar-refractivity contribution in [3.8, 4) is 16.9 Å². The van der Waals surface area contributed by atoms with Gasteiger partial charge in [0.05, 0.1) is 12.3 Å². The van der Waals surface area contributed by atoms with E-state index < -0.39 is 0 Å². The number of ether oxygens (including phenoxy) is 1. The molecule has 4 aromatic rings. The summed E-state index contributed by atoms with van der Waals surface area (Å²) in [5, 5.41) is 11.7. The van der Waals surface area contributed by atoms with Crippen LogP contribution < -0.4 is 21.3 Å². The monoisotopic (exact) mass is 464 g/mol. The average molecular weight is 465 g/mol. The Balaban J connectivity index is 1.71. The fourth-order valence-corrected chi connectivity index (χ4v) is 4.58. The lowest BCUT2D eigenvalue weighted by Gasteiger charge is -2.22. The van der Waals surface area contributed by atoms with Crippen molar-refractivity contribution in [2.24, 2.45) is 5.84 Å². The van der Waals surface area contributed by atoms with Crippen LogP contribution in [0.4, 0.5) is 11.6 Å². The van der Waals surface area contributed by atoms with Crippen molar-refractivity contribution in [3.63, 3.8) is 0 Å². The second-order valence-electron chi connectivity index (χ2n) is 8.67. The van der Waals surface area contributed by atoms with Crippen LogP contribution in [0.1, 0.15) is 41.0 Å². The van der Waals surface area contributed by atoms with E-state index in [-0.39, 0.29) is 11.8 Å². The van der Waals surface area contributed by atoms with E-state index in [1.54, 1.807) is 12.4 Å². The molecular formula is C28H28N6O. The molecule has 0 saturated carbocycles. The Bertz CT molecular complexity index is 1340. The number of aryl methyl sites for hydroxylation is 1. The summed E-state index contributed by atoms with van der Waals surface area (Å²) in [6.07, 6.45) is 5.50. The third kappa shape index (κ3) is 4.72. The van der Waals surface area contributed by atoms with E-state index in [9.17, 15) is 0 Å². The Labute approximate surface area is 204 Å². The number of amidine groups is 1. The van der Waals surface area contributed by atoms with E-state index in [0.717, 1.165) is 52.1 Å². The maximum Gasteiger partial charge on any atom is 0.227 e. The van der Waals surface area contributed by atoms with E-state index in [0.29, 0.717) is 12.6 Å². The van der Waals surface area contributed by atoms with Gasteiger partial charge >= 0.3 is 0 Å². The maximum absolute atomic E-state index is 8.32. The molecule has 0 fully saturated rings. The van der Waals surface area contributed by atoms with E-state index in [2.05, 4.69) is 51.0 Å². The summed E-state index contributed by atoms with van der Waals surface area (Å²) in [4.78, 5) is 8.89. The summed E-state index contributed by atoms with van der Waals surface area (Å²) in [6.45, 7) is 2.60. The summed E-state index contributed by atoms with van der Waals surface area (Å²) < 4.78 is 6.32. The lowest BCUT2D eigenvalue weighted by molar-refractivity contribution is 0.318. The van der Waals surface area contributed by atoms with Gasteiger partial charge in [0.1, 0.15) is 11.6 Å². The van der Waals surface area contributed by atoms with Crippen LogP contribution in [0.3, 0.4) is 0 Å². The zero-order valence-electron chi connectivity index (χ0n) is 19.6. The number of anilines is 2. The summed E-state index contributed by atoms with van der Waals surface area (Å²) >= 11 is 0. The number of rotatable bonds is 5. The Hall–Kier alpha value is -4.23. The van der Waals surface area contributed by atoms with Crippen LogP contribution in [0.15, 0.2) is 79.1 Å². The Morgan fingerprint density at radius 1 is 1.03 bits per heavy atom. The zero-order chi connectivity index (χ0) is 24.2. The number of benzene rings is 3. The van der Waals surface area contributed by atoms with Crippen LogP contribution in [-0.4, -0.2) is 22.4 Å². The molecule has 1 unspecified atom stereocenters. The molecule has 7 heteroatoms. The Morgan fingerprint density at radius 3 is 2.54 bits per heavy atom. The molecule has 0 spiro atoms. The fraction of sp³-hybridized carbons (Fsp3) is 0.179. The topological polar surface area (TPSA) is 109 Å². The molecule has 1 aliphatic heterocycles. The van der Waals surface area contributed by atoms with Crippen molar-refractivity contribution in [1.29, 1.82) is 5.41 Å². The van der Waals surface area contributed by atoms with Gasteiger partial charge in [-0.1, -0.05) is 54.6 Å². The van der Waals surface area contributed by atoms with Crippen LogP contribution in [0.2, 0.25) is 0 Å². The molecule has 0 amide bonds. The highest BCUT2D eigenvalue weighted by molar-refractivity contribution is 6.02. The molecule has 5 rings (SSSR count).